The van der Waals surface area contributed by atoms with Gasteiger partial charge in [0, 0.05) is 28.7 Å². The molecule has 1 heterocycles. The molecular weight excluding hydrogens is 506 g/mol. The number of amides is 1. The van der Waals surface area contributed by atoms with E-state index in [4.69, 9.17) is 5.11 Å². The molecule has 4 rings (SSSR count). The average molecular weight is 534 g/mol. The lowest BCUT2D eigenvalue weighted by Gasteiger charge is -2.16. The molecule has 3 aromatic rings. The van der Waals surface area contributed by atoms with Crippen molar-refractivity contribution >= 4 is 50.5 Å². The molecule has 0 aromatic heterocycles. The molecular formula is C28H28BrN3O3. The second-order valence-corrected chi connectivity index (χ2v) is 9.78. The summed E-state index contributed by atoms with van der Waals surface area (Å²) in [5, 5.41) is 15.4. The highest BCUT2D eigenvalue weighted by Crippen LogP contribution is 2.39. The standard InChI is InChI=1S/C28H28BrN3O3/c1-32(2)16-15-19-5-11-22(12-6-19)30-27(20-8-3-18(4-9-20)7-14-25(33)34)26-23-13-10-21(29)17-24(23)31-28(26)35/h3-6,8-13,17,30H,7,14-16H2,1-2H3,(H,31,35)(H,33,34). The lowest BCUT2D eigenvalue weighted by molar-refractivity contribution is -0.137. The third-order valence-corrected chi connectivity index (χ3v) is 6.41. The zero-order chi connectivity index (χ0) is 24.9. The molecule has 0 fully saturated rings. The molecule has 0 unspecified atom stereocenters. The van der Waals surface area contributed by atoms with Gasteiger partial charge in [0.15, 0.2) is 0 Å². The molecule has 0 saturated carbocycles. The fourth-order valence-corrected chi connectivity index (χ4v) is 4.37. The Morgan fingerprint density at radius 1 is 0.971 bits per heavy atom. The van der Waals surface area contributed by atoms with Crippen LogP contribution in [0.15, 0.2) is 71.2 Å². The number of benzene rings is 3. The number of likely N-dealkylation sites (N-methyl/N-ethyl adjacent to an activating group) is 1. The average Bonchev–Trinajstić information content (AvgIpc) is 3.15. The summed E-state index contributed by atoms with van der Waals surface area (Å²) in [4.78, 5) is 26.2. The largest absolute Gasteiger partial charge is 0.481 e. The molecule has 3 N–H and O–H groups in total. The molecule has 0 spiro atoms. The Balaban J connectivity index is 1.71. The van der Waals surface area contributed by atoms with Gasteiger partial charge in [-0.1, -0.05) is 58.4 Å². The van der Waals surface area contributed by atoms with Gasteiger partial charge in [-0.2, -0.15) is 0 Å². The van der Waals surface area contributed by atoms with Gasteiger partial charge in [0.1, 0.15) is 0 Å². The second kappa shape index (κ2) is 10.9. The quantitative estimate of drug-likeness (QED) is 0.316. The number of anilines is 2. The van der Waals surface area contributed by atoms with Crippen molar-refractivity contribution in [1.29, 1.82) is 0 Å². The van der Waals surface area contributed by atoms with Crippen molar-refractivity contribution in [2.45, 2.75) is 19.3 Å². The summed E-state index contributed by atoms with van der Waals surface area (Å²) in [5.74, 6) is -0.990. The van der Waals surface area contributed by atoms with Crippen LogP contribution >= 0.6 is 15.9 Å². The van der Waals surface area contributed by atoms with E-state index in [0.29, 0.717) is 17.7 Å². The van der Waals surface area contributed by atoms with E-state index in [1.54, 1.807) is 0 Å². The predicted molar refractivity (Wildman–Crippen MR) is 144 cm³/mol. The van der Waals surface area contributed by atoms with Crippen molar-refractivity contribution in [3.8, 4) is 0 Å². The van der Waals surface area contributed by atoms with Crippen LogP contribution in [-0.2, 0) is 22.4 Å². The number of carboxylic acids is 1. The van der Waals surface area contributed by atoms with E-state index in [1.165, 1.54) is 5.56 Å². The number of carbonyl (C=O) groups excluding carboxylic acids is 1. The molecule has 35 heavy (non-hydrogen) atoms. The number of halogens is 1. The Morgan fingerprint density at radius 2 is 1.63 bits per heavy atom. The summed E-state index contributed by atoms with van der Waals surface area (Å²) < 4.78 is 0.892. The Bertz CT molecular complexity index is 1270. The molecule has 0 atom stereocenters. The minimum atomic E-state index is -0.821. The maximum absolute atomic E-state index is 13.1. The number of hydrogen-bond donors (Lipinski definition) is 3. The second-order valence-electron chi connectivity index (χ2n) is 8.86. The number of nitrogens with zero attached hydrogens (tertiary/aromatic N) is 1. The van der Waals surface area contributed by atoms with E-state index >= 15 is 0 Å². The molecule has 180 valence electrons. The number of aryl methyl sites for hydroxylation is 1. The first-order valence-corrected chi connectivity index (χ1v) is 12.3. The van der Waals surface area contributed by atoms with E-state index < -0.39 is 5.97 Å². The van der Waals surface area contributed by atoms with Crippen molar-refractivity contribution in [3.63, 3.8) is 0 Å². The van der Waals surface area contributed by atoms with Gasteiger partial charge in [-0.25, -0.2) is 0 Å². The zero-order valence-corrected chi connectivity index (χ0v) is 21.4. The van der Waals surface area contributed by atoms with Gasteiger partial charge in [-0.3, -0.25) is 9.59 Å². The Labute approximate surface area is 213 Å². The summed E-state index contributed by atoms with van der Waals surface area (Å²) in [5.41, 5.74) is 6.78. The normalized spacial score (nSPS) is 14.0. The van der Waals surface area contributed by atoms with Gasteiger partial charge in [-0.15, -0.1) is 0 Å². The number of carbonyl (C=O) groups is 2. The number of nitrogens with one attached hydrogen (secondary N) is 2. The van der Waals surface area contributed by atoms with E-state index in [1.807, 2.05) is 54.6 Å². The van der Waals surface area contributed by atoms with E-state index in [-0.39, 0.29) is 12.3 Å². The van der Waals surface area contributed by atoms with Gasteiger partial charge < -0.3 is 20.6 Å². The topological polar surface area (TPSA) is 81.7 Å². The molecule has 0 bridgehead atoms. The summed E-state index contributed by atoms with van der Waals surface area (Å²) >= 11 is 3.47. The highest BCUT2D eigenvalue weighted by Gasteiger charge is 2.28. The van der Waals surface area contributed by atoms with Gasteiger partial charge >= 0.3 is 5.97 Å². The first kappa shape index (κ1) is 24.7. The SMILES string of the molecule is CN(C)CCc1ccc(NC(=C2C(=O)Nc3cc(Br)ccc32)c2ccc(CCC(=O)O)cc2)cc1. The van der Waals surface area contributed by atoms with Crippen molar-refractivity contribution in [3.05, 3.63) is 93.5 Å². The molecule has 0 aliphatic carbocycles. The molecule has 1 amide bonds. The van der Waals surface area contributed by atoms with Gasteiger partial charge in [-0.05, 0) is 67.9 Å². The number of aliphatic carboxylic acids is 1. The van der Waals surface area contributed by atoms with Crippen LogP contribution < -0.4 is 10.6 Å². The molecule has 1 aliphatic rings. The van der Waals surface area contributed by atoms with Crippen molar-refractivity contribution < 1.29 is 14.7 Å². The van der Waals surface area contributed by atoms with E-state index in [0.717, 1.165) is 45.5 Å². The minimum absolute atomic E-state index is 0.0797. The van der Waals surface area contributed by atoms with E-state index in [2.05, 4.69) is 57.7 Å². The van der Waals surface area contributed by atoms with Crippen LogP contribution in [0.25, 0.3) is 11.3 Å². The number of hydrogen-bond acceptors (Lipinski definition) is 4. The Kier molecular flexibility index (Phi) is 7.68. The molecule has 0 radical (unpaired) electrons. The van der Waals surface area contributed by atoms with Gasteiger partial charge in [0.25, 0.3) is 5.91 Å². The third kappa shape index (κ3) is 6.18. The maximum atomic E-state index is 13.1. The molecule has 0 saturated heterocycles. The molecule has 3 aromatic carbocycles. The highest BCUT2D eigenvalue weighted by molar-refractivity contribution is 9.10. The van der Waals surface area contributed by atoms with Crippen LogP contribution in [0.2, 0.25) is 0 Å². The zero-order valence-electron chi connectivity index (χ0n) is 19.8. The minimum Gasteiger partial charge on any atom is -0.481 e. The number of fused-ring (bicyclic) bond motifs is 1. The van der Waals surface area contributed by atoms with Crippen molar-refractivity contribution in [2.24, 2.45) is 0 Å². The van der Waals surface area contributed by atoms with Gasteiger partial charge in [0.05, 0.1) is 17.0 Å². The monoisotopic (exact) mass is 533 g/mol. The fourth-order valence-electron chi connectivity index (χ4n) is 4.01. The fraction of sp³-hybridized carbons (Fsp3) is 0.214. The first-order chi connectivity index (χ1) is 16.8. The Morgan fingerprint density at radius 3 is 2.29 bits per heavy atom. The summed E-state index contributed by atoms with van der Waals surface area (Å²) in [6.07, 6.45) is 1.50. The number of rotatable bonds is 9. The number of carboxylic acid groups (broad SMARTS) is 1. The maximum Gasteiger partial charge on any atom is 0.303 e. The first-order valence-electron chi connectivity index (χ1n) is 11.5. The van der Waals surface area contributed by atoms with Crippen LogP contribution in [0, 0.1) is 0 Å². The van der Waals surface area contributed by atoms with Crippen LogP contribution in [0.5, 0.6) is 0 Å². The third-order valence-electron chi connectivity index (χ3n) is 5.92. The van der Waals surface area contributed by atoms with Gasteiger partial charge in [0.2, 0.25) is 0 Å². The Hall–Kier alpha value is -3.42. The smallest absolute Gasteiger partial charge is 0.303 e. The highest BCUT2D eigenvalue weighted by atomic mass is 79.9. The molecule has 1 aliphatic heterocycles. The summed E-state index contributed by atoms with van der Waals surface area (Å²) in [7, 11) is 4.12. The van der Waals surface area contributed by atoms with Crippen molar-refractivity contribution in [2.75, 3.05) is 31.3 Å². The lowest BCUT2D eigenvalue weighted by atomic mass is 9.98. The molecule has 7 heteroatoms. The summed E-state index contributed by atoms with van der Waals surface area (Å²) in [6.45, 7) is 0.975. The van der Waals surface area contributed by atoms with Crippen LogP contribution in [0.1, 0.15) is 28.7 Å². The summed E-state index contributed by atoms with van der Waals surface area (Å²) in [6, 6.07) is 21.7. The van der Waals surface area contributed by atoms with E-state index in [9.17, 15) is 9.59 Å². The van der Waals surface area contributed by atoms with Crippen molar-refractivity contribution in [1.82, 2.24) is 4.90 Å². The van der Waals surface area contributed by atoms with Crippen LogP contribution in [-0.4, -0.2) is 42.5 Å². The van der Waals surface area contributed by atoms with Crippen LogP contribution in [0.4, 0.5) is 11.4 Å². The molecule has 6 nitrogen and oxygen atoms in total. The van der Waals surface area contributed by atoms with Crippen LogP contribution in [0.3, 0.4) is 0 Å². The predicted octanol–water partition coefficient (Wildman–Crippen LogP) is 5.50. The lowest BCUT2D eigenvalue weighted by Crippen LogP contribution is -2.15.